The zero-order valence-corrected chi connectivity index (χ0v) is 10.9. The van der Waals surface area contributed by atoms with Crippen molar-refractivity contribution in [1.29, 1.82) is 0 Å². The van der Waals surface area contributed by atoms with Crippen molar-refractivity contribution >= 4 is 0 Å². The van der Waals surface area contributed by atoms with Crippen LogP contribution in [0.4, 0.5) is 0 Å². The van der Waals surface area contributed by atoms with Crippen LogP contribution in [0.5, 0.6) is 5.75 Å². The first-order chi connectivity index (χ1) is 9.24. The van der Waals surface area contributed by atoms with E-state index in [9.17, 15) is 5.11 Å². The van der Waals surface area contributed by atoms with Crippen LogP contribution < -0.4 is 4.74 Å². The molecule has 0 spiro atoms. The molecule has 100 valence electrons. The summed E-state index contributed by atoms with van der Waals surface area (Å²) in [6, 6.07) is 8.13. The Hall–Kier alpha value is -1.88. The molecule has 0 saturated heterocycles. The number of aliphatic hydroxyl groups excluding tert-OH is 1. The highest BCUT2D eigenvalue weighted by atomic mass is 16.5. The lowest BCUT2D eigenvalue weighted by Crippen LogP contribution is -2.18. The van der Waals surface area contributed by atoms with Gasteiger partial charge in [0.1, 0.15) is 11.4 Å². The van der Waals surface area contributed by atoms with E-state index >= 15 is 0 Å². The number of aromatic nitrogens is 3. The molecule has 0 bridgehead atoms. The first kappa shape index (κ1) is 12.2. The highest BCUT2D eigenvalue weighted by Gasteiger charge is 2.22. The lowest BCUT2D eigenvalue weighted by Gasteiger charge is -2.25. The van der Waals surface area contributed by atoms with E-state index in [-0.39, 0.29) is 0 Å². The summed E-state index contributed by atoms with van der Waals surface area (Å²) in [4.78, 5) is 0. The molecule has 0 amide bonds. The highest BCUT2D eigenvalue weighted by molar-refractivity contribution is 5.37. The van der Waals surface area contributed by atoms with Gasteiger partial charge in [-0.15, -0.1) is 5.10 Å². The Morgan fingerprint density at radius 3 is 3.11 bits per heavy atom. The Morgan fingerprint density at radius 2 is 2.32 bits per heavy atom. The van der Waals surface area contributed by atoms with Crippen molar-refractivity contribution in [2.24, 2.45) is 0 Å². The molecule has 2 aromatic rings. The fraction of sp³-hybridized carbons (Fsp3) is 0.429. The predicted octanol–water partition coefficient (Wildman–Crippen LogP) is 1.90. The lowest BCUT2D eigenvalue weighted by molar-refractivity contribution is 0.194. The van der Waals surface area contributed by atoms with Gasteiger partial charge in [0.25, 0.3) is 0 Å². The molecule has 5 heteroatoms. The fourth-order valence-corrected chi connectivity index (χ4v) is 2.43. The quantitative estimate of drug-likeness (QED) is 0.914. The maximum atomic E-state index is 9.46. The minimum atomic E-state index is -0.573. The summed E-state index contributed by atoms with van der Waals surface area (Å²) in [7, 11) is 0. The van der Waals surface area contributed by atoms with Gasteiger partial charge in [0.15, 0.2) is 0 Å². The molecule has 0 fully saturated rings. The summed E-state index contributed by atoms with van der Waals surface area (Å²) in [5.74, 6) is 1.35. The molecule has 0 aliphatic carbocycles. The molecule has 2 heterocycles. The van der Waals surface area contributed by atoms with Crippen molar-refractivity contribution in [3.63, 3.8) is 0 Å². The number of hydrogen-bond acceptors (Lipinski definition) is 4. The third-order valence-electron chi connectivity index (χ3n) is 3.47. The number of rotatable bonds is 3. The third kappa shape index (κ3) is 2.46. The van der Waals surface area contributed by atoms with Crippen LogP contribution in [0.25, 0.3) is 0 Å². The number of benzene rings is 1. The molecule has 1 aromatic carbocycles. The lowest BCUT2D eigenvalue weighted by atomic mass is 9.93. The minimum absolute atomic E-state index is 0.383. The van der Waals surface area contributed by atoms with Crippen LogP contribution in [-0.2, 0) is 6.54 Å². The summed E-state index contributed by atoms with van der Waals surface area (Å²) < 4.78 is 7.45. The zero-order chi connectivity index (χ0) is 13.2. The smallest absolute Gasteiger partial charge is 0.122 e. The van der Waals surface area contributed by atoms with Crippen LogP contribution in [0.3, 0.4) is 0 Å². The van der Waals surface area contributed by atoms with E-state index in [4.69, 9.17) is 4.74 Å². The predicted molar refractivity (Wildman–Crippen MR) is 70.0 cm³/mol. The third-order valence-corrected chi connectivity index (χ3v) is 3.47. The van der Waals surface area contributed by atoms with Crippen molar-refractivity contribution < 1.29 is 9.84 Å². The standard InChI is InChI=1S/C14H17N3O2/c1-10(18)13-9-17(16-15-13)8-11-6-7-19-14-5-3-2-4-12(11)14/h2-5,9-11,18H,6-8H2,1H3. The first-order valence-corrected chi connectivity index (χ1v) is 6.54. The van der Waals surface area contributed by atoms with Gasteiger partial charge >= 0.3 is 0 Å². The van der Waals surface area contributed by atoms with Crippen LogP contribution >= 0.6 is 0 Å². The largest absolute Gasteiger partial charge is 0.493 e. The molecule has 1 aliphatic heterocycles. The molecule has 2 unspecified atom stereocenters. The van der Waals surface area contributed by atoms with Crippen molar-refractivity contribution in [1.82, 2.24) is 15.0 Å². The Labute approximate surface area is 111 Å². The number of ether oxygens (including phenoxy) is 1. The Balaban J connectivity index is 1.80. The van der Waals surface area contributed by atoms with Crippen molar-refractivity contribution in [2.75, 3.05) is 6.61 Å². The van der Waals surface area contributed by atoms with E-state index in [1.54, 1.807) is 11.6 Å². The minimum Gasteiger partial charge on any atom is -0.493 e. The number of para-hydroxylation sites is 1. The molecule has 3 rings (SSSR count). The topological polar surface area (TPSA) is 60.2 Å². The van der Waals surface area contributed by atoms with Gasteiger partial charge in [-0.2, -0.15) is 0 Å². The van der Waals surface area contributed by atoms with Gasteiger partial charge in [0.05, 0.1) is 18.9 Å². The molecule has 0 radical (unpaired) electrons. The number of fused-ring (bicyclic) bond motifs is 1. The Bertz CT molecular complexity index is 565. The second-order valence-corrected chi connectivity index (χ2v) is 4.91. The molecule has 1 aliphatic rings. The van der Waals surface area contributed by atoms with Gasteiger partial charge in [-0.25, -0.2) is 0 Å². The van der Waals surface area contributed by atoms with Gasteiger partial charge in [-0.05, 0) is 25.0 Å². The van der Waals surface area contributed by atoms with E-state index in [0.717, 1.165) is 25.3 Å². The maximum absolute atomic E-state index is 9.46. The van der Waals surface area contributed by atoms with Crippen LogP contribution in [0.1, 0.15) is 36.6 Å². The van der Waals surface area contributed by atoms with E-state index in [1.165, 1.54) is 5.56 Å². The van der Waals surface area contributed by atoms with E-state index < -0.39 is 6.10 Å². The van der Waals surface area contributed by atoms with Gasteiger partial charge in [0.2, 0.25) is 0 Å². The van der Waals surface area contributed by atoms with Crippen LogP contribution in [0.2, 0.25) is 0 Å². The molecule has 2 atom stereocenters. The zero-order valence-electron chi connectivity index (χ0n) is 10.9. The van der Waals surface area contributed by atoms with Crippen molar-refractivity contribution in [3.05, 3.63) is 41.7 Å². The molecule has 19 heavy (non-hydrogen) atoms. The average Bonchev–Trinajstić information content (AvgIpc) is 2.88. The molecule has 0 saturated carbocycles. The van der Waals surface area contributed by atoms with Crippen molar-refractivity contribution in [2.45, 2.75) is 31.9 Å². The number of nitrogens with zero attached hydrogens (tertiary/aromatic N) is 3. The summed E-state index contributed by atoms with van der Waals surface area (Å²) in [5.41, 5.74) is 1.84. The molecular weight excluding hydrogens is 242 g/mol. The maximum Gasteiger partial charge on any atom is 0.122 e. The van der Waals surface area contributed by atoms with Crippen molar-refractivity contribution in [3.8, 4) is 5.75 Å². The Morgan fingerprint density at radius 1 is 1.47 bits per heavy atom. The van der Waals surface area contributed by atoms with Crippen LogP contribution in [0, 0.1) is 0 Å². The van der Waals surface area contributed by atoms with E-state index in [2.05, 4.69) is 16.4 Å². The number of aliphatic hydroxyl groups is 1. The summed E-state index contributed by atoms with van der Waals surface area (Å²) in [6.45, 7) is 3.19. The van der Waals surface area contributed by atoms with E-state index in [1.807, 2.05) is 24.4 Å². The SMILES string of the molecule is CC(O)c1cn(CC2CCOc3ccccc32)nn1. The van der Waals surface area contributed by atoms with Gasteiger partial charge < -0.3 is 9.84 Å². The normalized spacial score (nSPS) is 19.6. The van der Waals surface area contributed by atoms with Gasteiger partial charge in [-0.1, -0.05) is 23.4 Å². The molecular formula is C14H17N3O2. The number of hydrogen-bond donors (Lipinski definition) is 1. The molecule has 5 nitrogen and oxygen atoms in total. The monoisotopic (exact) mass is 259 g/mol. The summed E-state index contributed by atoms with van der Waals surface area (Å²) in [5, 5.41) is 17.5. The Kier molecular flexibility index (Phi) is 3.21. The highest BCUT2D eigenvalue weighted by Crippen LogP contribution is 2.34. The van der Waals surface area contributed by atoms with E-state index in [0.29, 0.717) is 11.6 Å². The second kappa shape index (κ2) is 5.01. The van der Waals surface area contributed by atoms with Gasteiger partial charge in [-0.3, -0.25) is 4.68 Å². The first-order valence-electron chi connectivity index (χ1n) is 6.54. The molecule has 1 N–H and O–H groups in total. The summed E-state index contributed by atoms with van der Waals surface area (Å²) in [6.07, 6.45) is 2.21. The average molecular weight is 259 g/mol. The van der Waals surface area contributed by atoms with Gasteiger partial charge in [0, 0.05) is 12.5 Å². The van der Waals surface area contributed by atoms with Crippen LogP contribution in [0.15, 0.2) is 30.5 Å². The fourth-order valence-electron chi connectivity index (χ4n) is 2.43. The molecule has 1 aromatic heterocycles. The second-order valence-electron chi connectivity index (χ2n) is 4.91. The summed E-state index contributed by atoms with van der Waals surface area (Å²) >= 11 is 0. The van der Waals surface area contributed by atoms with Crippen LogP contribution in [-0.4, -0.2) is 26.7 Å².